The average Bonchev–Trinajstić information content (AvgIpc) is 2.46. The third-order valence-electron chi connectivity index (χ3n) is 2.04. The van der Waals surface area contributed by atoms with Crippen molar-refractivity contribution in [2.45, 2.75) is 18.9 Å². The van der Waals surface area contributed by atoms with Crippen molar-refractivity contribution in [3.8, 4) is 0 Å². The molecule has 1 aromatic heterocycles. The van der Waals surface area contributed by atoms with Crippen LogP contribution in [0.4, 0.5) is 0 Å². The number of aromatic nitrogens is 3. The lowest BCUT2D eigenvalue weighted by Crippen LogP contribution is -2.15. The summed E-state index contributed by atoms with van der Waals surface area (Å²) in [7, 11) is 3.52. The number of ether oxygens (including phenoxy) is 1. The Morgan fingerprint density at radius 1 is 1.64 bits per heavy atom. The van der Waals surface area contributed by atoms with Gasteiger partial charge in [0, 0.05) is 26.8 Å². The first-order chi connectivity index (χ1) is 6.66. The fraction of sp³-hybridized carbons (Fsp3) is 0.750. The number of hydrogen-bond donors (Lipinski definition) is 1. The van der Waals surface area contributed by atoms with Crippen LogP contribution in [0.15, 0.2) is 4.60 Å². The van der Waals surface area contributed by atoms with Crippen LogP contribution < -0.4 is 5.73 Å². The van der Waals surface area contributed by atoms with E-state index in [1.807, 2.05) is 7.05 Å². The van der Waals surface area contributed by atoms with E-state index in [9.17, 15) is 0 Å². The molecule has 0 aliphatic rings. The molecule has 1 unspecified atom stereocenters. The van der Waals surface area contributed by atoms with E-state index in [0.717, 1.165) is 29.7 Å². The zero-order valence-electron chi connectivity index (χ0n) is 8.40. The van der Waals surface area contributed by atoms with Gasteiger partial charge in [-0.15, -0.1) is 5.10 Å². The quantitative estimate of drug-likeness (QED) is 0.805. The van der Waals surface area contributed by atoms with E-state index in [-0.39, 0.29) is 6.04 Å². The Bertz CT molecular complexity index is 269. The van der Waals surface area contributed by atoms with Crippen LogP contribution in [0.5, 0.6) is 0 Å². The molecular weight excluding hydrogens is 248 g/mol. The second-order valence-electron chi connectivity index (χ2n) is 3.13. The van der Waals surface area contributed by atoms with Gasteiger partial charge in [0.1, 0.15) is 0 Å². The molecule has 0 saturated carbocycles. The standard InChI is InChI=1S/C8H15BrN4O/c1-13-7(8(9)11-12-13)6(10)4-3-5-14-2/h6H,3-5,10H2,1-2H3. The van der Waals surface area contributed by atoms with Crippen LogP contribution in [-0.2, 0) is 11.8 Å². The monoisotopic (exact) mass is 262 g/mol. The van der Waals surface area contributed by atoms with Crippen molar-refractivity contribution < 1.29 is 4.74 Å². The van der Waals surface area contributed by atoms with E-state index in [1.165, 1.54) is 0 Å². The molecule has 6 heteroatoms. The molecule has 2 N–H and O–H groups in total. The second kappa shape index (κ2) is 5.43. The number of halogens is 1. The van der Waals surface area contributed by atoms with Crippen LogP contribution in [0.3, 0.4) is 0 Å². The normalized spacial score (nSPS) is 13.1. The summed E-state index contributed by atoms with van der Waals surface area (Å²) in [6.45, 7) is 0.733. The molecule has 0 saturated heterocycles. The zero-order chi connectivity index (χ0) is 10.6. The van der Waals surface area contributed by atoms with E-state index >= 15 is 0 Å². The minimum atomic E-state index is -0.0421. The Labute approximate surface area is 91.7 Å². The van der Waals surface area contributed by atoms with Gasteiger partial charge in [-0.25, -0.2) is 4.68 Å². The van der Waals surface area contributed by atoms with E-state index in [2.05, 4.69) is 26.2 Å². The van der Waals surface area contributed by atoms with Crippen molar-refractivity contribution in [1.82, 2.24) is 15.0 Å². The Balaban J connectivity index is 2.55. The largest absolute Gasteiger partial charge is 0.385 e. The van der Waals surface area contributed by atoms with Gasteiger partial charge in [-0.3, -0.25) is 0 Å². The molecule has 0 aliphatic heterocycles. The first-order valence-corrected chi connectivity index (χ1v) is 5.25. The van der Waals surface area contributed by atoms with E-state index in [0.29, 0.717) is 0 Å². The summed E-state index contributed by atoms with van der Waals surface area (Å²) >= 11 is 3.32. The van der Waals surface area contributed by atoms with Crippen molar-refractivity contribution in [3.05, 3.63) is 10.3 Å². The fourth-order valence-corrected chi connectivity index (χ4v) is 1.94. The average molecular weight is 263 g/mol. The van der Waals surface area contributed by atoms with Crippen LogP contribution >= 0.6 is 15.9 Å². The highest BCUT2D eigenvalue weighted by atomic mass is 79.9. The van der Waals surface area contributed by atoms with Crippen LogP contribution in [-0.4, -0.2) is 28.7 Å². The Hall–Kier alpha value is -0.460. The number of rotatable bonds is 5. The van der Waals surface area contributed by atoms with Crippen molar-refractivity contribution in [2.24, 2.45) is 12.8 Å². The van der Waals surface area contributed by atoms with E-state index in [1.54, 1.807) is 11.8 Å². The Morgan fingerprint density at radius 3 is 2.86 bits per heavy atom. The second-order valence-corrected chi connectivity index (χ2v) is 3.88. The Kier molecular flexibility index (Phi) is 4.50. The van der Waals surface area contributed by atoms with E-state index < -0.39 is 0 Å². The molecule has 14 heavy (non-hydrogen) atoms. The fourth-order valence-electron chi connectivity index (χ4n) is 1.32. The van der Waals surface area contributed by atoms with Crippen molar-refractivity contribution in [3.63, 3.8) is 0 Å². The molecular formula is C8H15BrN4O. The van der Waals surface area contributed by atoms with Gasteiger partial charge >= 0.3 is 0 Å². The first-order valence-electron chi connectivity index (χ1n) is 4.46. The van der Waals surface area contributed by atoms with Gasteiger partial charge in [0.2, 0.25) is 0 Å². The molecule has 0 bridgehead atoms. The summed E-state index contributed by atoms with van der Waals surface area (Å²) in [5.41, 5.74) is 6.93. The van der Waals surface area contributed by atoms with Gasteiger partial charge < -0.3 is 10.5 Å². The lowest BCUT2D eigenvalue weighted by atomic mass is 10.1. The van der Waals surface area contributed by atoms with Gasteiger partial charge in [0.15, 0.2) is 4.60 Å². The lowest BCUT2D eigenvalue weighted by molar-refractivity contribution is 0.190. The zero-order valence-corrected chi connectivity index (χ0v) is 9.99. The third-order valence-corrected chi connectivity index (χ3v) is 2.61. The lowest BCUT2D eigenvalue weighted by Gasteiger charge is -2.11. The minimum Gasteiger partial charge on any atom is -0.385 e. The summed E-state index contributed by atoms with van der Waals surface area (Å²) in [5, 5.41) is 7.76. The smallest absolute Gasteiger partial charge is 0.153 e. The van der Waals surface area contributed by atoms with Crippen molar-refractivity contribution in [1.29, 1.82) is 0 Å². The van der Waals surface area contributed by atoms with Crippen molar-refractivity contribution >= 4 is 15.9 Å². The maximum Gasteiger partial charge on any atom is 0.153 e. The van der Waals surface area contributed by atoms with Crippen LogP contribution in [0.25, 0.3) is 0 Å². The highest BCUT2D eigenvalue weighted by Crippen LogP contribution is 2.21. The van der Waals surface area contributed by atoms with Crippen LogP contribution in [0, 0.1) is 0 Å². The number of aryl methyl sites for hydroxylation is 1. The molecule has 0 aliphatic carbocycles. The molecule has 1 heterocycles. The molecule has 0 spiro atoms. The molecule has 1 aromatic rings. The summed E-state index contributed by atoms with van der Waals surface area (Å²) in [6, 6.07) is -0.0421. The van der Waals surface area contributed by atoms with Gasteiger partial charge in [0.05, 0.1) is 5.69 Å². The summed E-state index contributed by atoms with van der Waals surface area (Å²) in [6.07, 6.45) is 1.81. The summed E-state index contributed by atoms with van der Waals surface area (Å²) in [5.74, 6) is 0. The highest BCUT2D eigenvalue weighted by Gasteiger charge is 2.15. The molecule has 1 rings (SSSR count). The van der Waals surface area contributed by atoms with Gasteiger partial charge in [-0.05, 0) is 28.8 Å². The van der Waals surface area contributed by atoms with Gasteiger partial charge in [-0.2, -0.15) is 0 Å². The first kappa shape index (κ1) is 11.6. The molecule has 1 atom stereocenters. The predicted molar refractivity (Wildman–Crippen MR) is 56.7 cm³/mol. The summed E-state index contributed by atoms with van der Waals surface area (Å²) in [4.78, 5) is 0. The number of methoxy groups -OCH3 is 1. The molecule has 0 aromatic carbocycles. The maximum atomic E-state index is 6.00. The SMILES string of the molecule is COCCCC(N)c1c(Br)nnn1C. The molecule has 0 amide bonds. The highest BCUT2D eigenvalue weighted by molar-refractivity contribution is 9.10. The van der Waals surface area contributed by atoms with Crippen molar-refractivity contribution in [2.75, 3.05) is 13.7 Å². The molecule has 80 valence electrons. The molecule has 0 fully saturated rings. The molecule has 5 nitrogen and oxygen atoms in total. The Morgan fingerprint density at radius 2 is 2.36 bits per heavy atom. The number of nitrogens with two attached hydrogens (primary N) is 1. The number of nitrogens with zero attached hydrogens (tertiary/aromatic N) is 3. The summed E-state index contributed by atoms with van der Waals surface area (Å²) < 4.78 is 7.39. The van der Waals surface area contributed by atoms with Crippen LogP contribution in [0.1, 0.15) is 24.6 Å². The predicted octanol–water partition coefficient (Wildman–Crippen LogP) is 1.00. The number of hydrogen-bond acceptors (Lipinski definition) is 4. The van der Waals surface area contributed by atoms with Gasteiger partial charge in [0.25, 0.3) is 0 Å². The minimum absolute atomic E-state index is 0.0421. The topological polar surface area (TPSA) is 66.0 Å². The van der Waals surface area contributed by atoms with Gasteiger partial charge in [-0.1, -0.05) is 5.21 Å². The maximum absolute atomic E-state index is 6.00. The van der Waals surface area contributed by atoms with Crippen LogP contribution in [0.2, 0.25) is 0 Å². The third kappa shape index (κ3) is 2.76. The van der Waals surface area contributed by atoms with E-state index in [4.69, 9.17) is 10.5 Å². The molecule has 0 radical (unpaired) electrons.